The summed E-state index contributed by atoms with van der Waals surface area (Å²) in [5.74, 6) is 0.281. The largest absolute Gasteiger partial charge is 0.206 e. The van der Waals surface area contributed by atoms with E-state index in [-0.39, 0.29) is 11.7 Å². The van der Waals surface area contributed by atoms with E-state index in [4.69, 9.17) is 0 Å². The van der Waals surface area contributed by atoms with Crippen molar-refractivity contribution in [3.63, 3.8) is 0 Å². The van der Waals surface area contributed by atoms with Crippen molar-refractivity contribution in [3.8, 4) is 0 Å². The van der Waals surface area contributed by atoms with Gasteiger partial charge in [-0.1, -0.05) is 61.9 Å². The van der Waals surface area contributed by atoms with Crippen LogP contribution in [0, 0.1) is 12.7 Å². The molecule has 0 spiro atoms. The van der Waals surface area contributed by atoms with Crippen molar-refractivity contribution in [3.05, 3.63) is 70.5 Å². The van der Waals surface area contributed by atoms with Gasteiger partial charge in [-0.2, -0.15) is 0 Å². The summed E-state index contributed by atoms with van der Waals surface area (Å²) in [6.07, 6.45) is 2.63. The molecule has 0 fully saturated rings. The van der Waals surface area contributed by atoms with E-state index in [0.717, 1.165) is 30.4 Å². The van der Waals surface area contributed by atoms with E-state index in [2.05, 4.69) is 45.0 Å². The number of halogens is 1. The summed E-state index contributed by atoms with van der Waals surface area (Å²) in [7, 11) is 0. The lowest BCUT2D eigenvalue weighted by Gasteiger charge is -2.13. The Balaban J connectivity index is 2.14. The second-order valence-corrected chi connectivity index (χ2v) is 5.62. The first-order valence-corrected chi connectivity index (χ1v) is 7.44. The highest BCUT2D eigenvalue weighted by molar-refractivity contribution is 5.30. The molecule has 0 nitrogen and oxygen atoms in total. The molecule has 1 heteroatoms. The van der Waals surface area contributed by atoms with Crippen LogP contribution in [0.1, 0.15) is 48.4 Å². The number of hydrogen-bond acceptors (Lipinski definition) is 0. The van der Waals surface area contributed by atoms with E-state index in [0.29, 0.717) is 0 Å². The number of aryl methyl sites for hydroxylation is 3. The third-order valence-corrected chi connectivity index (χ3v) is 4.02. The fraction of sp³-hybridized carbons (Fsp3) is 0.368. The molecular formula is C19H23F. The highest BCUT2D eigenvalue weighted by atomic mass is 19.1. The molecule has 0 N–H and O–H groups in total. The monoisotopic (exact) mass is 270 g/mol. The predicted molar refractivity (Wildman–Crippen MR) is 83.7 cm³/mol. The molecule has 0 saturated carbocycles. The van der Waals surface area contributed by atoms with Gasteiger partial charge in [0, 0.05) is 0 Å². The molecular weight excluding hydrogens is 247 g/mol. The maximum Gasteiger partial charge on any atom is 0.129 e. The Morgan fingerprint density at radius 2 is 1.80 bits per heavy atom. The molecule has 0 aromatic heterocycles. The van der Waals surface area contributed by atoms with Crippen LogP contribution >= 0.6 is 0 Å². The van der Waals surface area contributed by atoms with E-state index < -0.39 is 0 Å². The maximum atomic E-state index is 14.5. The smallest absolute Gasteiger partial charge is 0.129 e. The Bertz CT molecular complexity index is 572. The SMILES string of the molecule is CC[C@@H](C)c1cccc(CCc2cccc(C)c2)c1F. The molecule has 2 rings (SSSR count). The van der Waals surface area contributed by atoms with Gasteiger partial charge in [-0.05, 0) is 48.8 Å². The zero-order chi connectivity index (χ0) is 14.5. The van der Waals surface area contributed by atoms with Crippen molar-refractivity contribution in [2.75, 3.05) is 0 Å². The van der Waals surface area contributed by atoms with Gasteiger partial charge in [0.15, 0.2) is 0 Å². The highest BCUT2D eigenvalue weighted by Gasteiger charge is 2.12. The van der Waals surface area contributed by atoms with Crippen LogP contribution in [0.3, 0.4) is 0 Å². The zero-order valence-electron chi connectivity index (χ0n) is 12.6. The van der Waals surface area contributed by atoms with Gasteiger partial charge in [0.05, 0.1) is 0 Å². The zero-order valence-corrected chi connectivity index (χ0v) is 12.6. The summed E-state index contributed by atoms with van der Waals surface area (Å²) >= 11 is 0. The van der Waals surface area contributed by atoms with Gasteiger partial charge >= 0.3 is 0 Å². The summed E-state index contributed by atoms with van der Waals surface area (Å²) in [4.78, 5) is 0. The van der Waals surface area contributed by atoms with Crippen LogP contribution < -0.4 is 0 Å². The molecule has 0 aliphatic rings. The van der Waals surface area contributed by atoms with E-state index in [1.807, 2.05) is 18.2 Å². The third-order valence-electron chi connectivity index (χ3n) is 4.02. The van der Waals surface area contributed by atoms with Crippen molar-refractivity contribution >= 4 is 0 Å². The average Bonchev–Trinajstić information content (AvgIpc) is 2.45. The molecule has 0 aliphatic heterocycles. The van der Waals surface area contributed by atoms with Gasteiger partial charge in [0.1, 0.15) is 5.82 Å². The lowest BCUT2D eigenvalue weighted by Crippen LogP contribution is -2.02. The van der Waals surface area contributed by atoms with E-state index >= 15 is 0 Å². The van der Waals surface area contributed by atoms with Gasteiger partial charge in [-0.25, -0.2) is 4.39 Å². The summed E-state index contributed by atoms with van der Waals surface area (Å²) in [5, 5.41) is 0. The van der Waals surface area contributed by atoms with Crippen LogP contribution in [0.15, 0.2) is 42.5 Å². The normalized spacial score (nSPS) is 12.4. The van der Waals surface area contributed by atoms with Crippen molar-refractivity contribution in [2.45, 2.75) is 46.0 Å². The van der Waals surface area contributed by atoms with Crippen LogP contribution in [0.2, 0.25) is 0 Å². The summed E-state index contributed by atoms with van der Waals surface area (Å²) in [5.41, 5.74) is 4.23. The molecule has 0 bridgehead atoms. The quantitative estimate of drug-likeness (QED) is 0.679. The number of hydrogen-bond donors (Lipinski definition) is 0. The molecule has 0 amide bonds. The van der Waals surface area contributed by atoms with Gasteiger partial charge in [0.2, 0.25) is 0 Å². The standard InChI is InChI=1S/C19H23F/c1-4-15(3)18-10-6-9-17(19(18)20)12-11-16-8-5-7-14(2)13-16/h5-10,13,15H,4,11-12H2,1-3H3/t15-/m1/s1. The topological polar surface area (TPSA) is 0 Å². The first kappa shape index (κ1) is 14.8. The lowest BCUT2D eigenvalue weighted by atomic mass is 9.94. The van der Waals surface area contributed by atoms with E-state index in [9.17, 15) is 4.39 Å². The van der Waals surface area contributed by atoms with Gasteiger partial charge in [-0.15, -0.1) is 0 Å². The molecule has 0 heterocycles. The molecule has 106 valence electrons. The fourth-order valence-electron chi connectivity index (χ4n) is 2.54. The first-order valence-electron chi connectivity index (χ1n) is 7.44. The Hall–Kier alpha value is -1.63. The van der Waals surface area contributed by atoms with Crippen molar-refractivity contribution in [2.24, 2.45) is 0 Å². The Morgan fingerprint density at radius 1 is 1.05 bits per heavy atom. The summed E-state index contributed by atoms with van der Waals surface area (Å²) < 4.78 is 14.5. The molecule has 0 aliphatic carbocycles. The Kier molecular flexibility index (Phi) is 4.94. The molecule has 0 saturated heterocycles. The van der Waals surface area contributed by atoms with Crippen molar-refractivity contribution < 1.29 is 4.39 Å². The third kappa shape index (κ3) is 3.47. The lowest BCUT2D eigenvalue weighted by molar-refractivity contribution is 0.568. The minimum Gasteiger partial charge on any atom is -0.206 e. The number of rotatable bonds is 5. The van der Waals surface area contributed by atoms with Gasteiger partial charge in [-0.3, -0.25) is 0 Å². The van der Waals surface area contributed by atoms with Crippen LogP contribution in [0.4, 0.5) is 4.39 Å². The van der Waals surface area contributed by atoms with Crippen LogP contribution in [-0.4, -0.2) is 0 Å². The molecule has 0 radical (unpaired) electrons. The van der Waals surface area contributed by atoms with Crippen molar-refractivity contribution in [1.29, 1.82) is 0 Å². The Labute approximate surface area is 121 Å². The molecule has 20 heavy (non-hydrogen) atoms. The molecule has 2 aromatic rings. The van der Waals surface area contributed by atoms with Gasteiger partial charge in [0.25, 0.3) is 0 Å². The fourth-order valence-corrected chi connectivity index (χ4v) is 2.54. The minimum atomic E-state index is -0.00509. The minimum absolute atomic E-state index is 0.00509. The van der Waals surface area contributed by atoms with E-state index in [1.54, 1.807) is 0 Å². The van der Waals surface area contributed by atoms with Crippen LogP contribution in [0.25, 0.3) is 0 Å². The first-order chi connectivity index (χ1) is 9.61. The average molecular weight is 270 g/mol. The predicted octanol–water partition coefficient (Wildman–Crippen LogP) is 5.43. The molecule has 0 unspecified atom stereocenters. The molecule has 1 atom stereocenters. The summed E-state index contributed by atoms with van der Waals surface area (Å²) in [6, 6.07) is 14.3. The Morgan fingerprint density at radius 3 is 2.50 bits per heavy atom. The number of benzene rings is 2. The highest BCUT2D eigenvalue weighted by Crippen LogP contribution is 2.24. The van der Waals surface area contributed by atoms with Gasteiger partial charge < -0.3 is 0 Å². The second-order valence-electron chi connectivity index (χ2n) is 5.62. The molecule has 2 aromatic carbocycles. The van der Waals surface area contributed by atoms with Crippen molar-refractivity contribution in [1.82, 2.24) is 0 Å². The maximum absolute atomic E-state index is 14.5. The van der Waals surface area contributed by atoms with Crippen LogP contribution in [0.5, 0.6) is 0 Å². The van der Waals surface area contributed by atoms with Crippen LogP contribution in [-0.2, 0) is 12.8 Å². The second kappa shape index (κ2) is 6.69. The van der Waals surface area contributed by atoms with E-state index in [1.165, 1.54) is 11.1 Å². The summed E-state index contributed by atoms with van der Waals surface area (Å²) in [6.45, 7) is 6.28.